The van der Waals surface area contributed by atoms with Gasteiger partial charge in [0.15, 0.2) is 5.78 Å². The molecule has 2 heterocycles. The molecule has 6 heteroatoms. The van der Waals surface area contributed by atoms with Crippen LogP contribution in [0.15, 0.2) is 53.0 Å². The number of hydrogen-bond acceptors (Lipinski definition) is 5. The number of rotatable bonds is 6. The molecule has 4 nitrogen and oxygen atoms in total. The summed E-state index contributed by atoms with van der Waals surface area (Å²) in [5, 5.41) is 9.72. The topological polar surface area (TPSA) is 58.6 Å². The molecule has 0 saturated carbocycles. The lowest BCUT2D eigenvalue weighted by molar-refractivity contribution is 0.102. The lowest BCUT2D eigenvalue weighted by Gasteiger charge is -1.97. The molecule has 0 unspecified atom stereocenters. The maximum absolute atomic E-state index is 12.0. The molecule has 0 spiro atoms. The Hall–Kier alpha value is -1.92. The van der Waals surface area contributed by atoms with Crippen molar-refractivity contribution < 1.29 is 4.79 Å². The molecule has 0 radical (unpaired) electrons. The SMILES string of the molecule is O=C(CSc1n[nH]c(Cc2cccs2)n1)c1ccccc1. The fourth-order valence-corrected chi connectivity index (χ4v) is 3.26. The van der Waals surface area contributed by atoms with Gasteiger partial charge in [-0.2, -0.15) is 0 Å². The number of aromatic nitrogens is 3. The maximum Gasteiger partial charge on any atom is 0.208 e. The van der Waals surface area contributed by atoms with Crippen LogP contribution < -0.4 is 0 Å². The van der Waals surface area contributed by atoms with Crippen LogP contribution in [0.5, 0.6) is 0 Å². The zero-order valence-electron chi connectivity index (χ0n) is 11.2. The van der Waals surface area contributed by atoms with Crippen LogP contribution >= 0.6 is 23.1 Å². The summed E-state index contributed by atoms with van der Waals surface area (Å²) in [5.41, 5.74) is 0.722. The van der Waals surface area contributed by atoms with Gasteiger partial charge in [-0.25, -0.2) is 4.98 Å². The third-order valence-electron chi connectivity index (χ3n) is 2.86. The number of ketones is 1. The summed E-state index contributed by atoms with van der Waals surface area (Å²) < 4.78 is 0. The Bertz CT molecular complexity index is 708. The molecule has 0 atom stereocenters. The molecule has 0 saturated heterocycles. The van der Waals surface area contributed by atoms with E-state index in [0.717, 1.165) is 17.8 Å². The second kappa shape index (κ2) is 6.69. The number of carbonyl (C=O) groups is 1. The van der Waals surface area contributed by atoms with Crippen molar-refractivity contribution in [1.82, 2.24) is 15.2 Å². The van der Waals surface area contributed by atoms with Crippen molar-refractivity contribution in [3.05, 3.63) is 64.1 Å². The fraction of sp³-hybridized carbons (Fsp3) is 0.133. The minimum atomic E-state index is 0.0882. The van der Waals surface area contributed by atoms with Crippen LogP contribution in [-0.2, 0) is 6.42 Å². The molecule has 3 rings (SSSR count). The molecule has 0 aliphatic carbocycles. The Balaban J connectivity index is 1.56. The Kier molecular flexibility index (Phi) is 4.47. The van der Waals surface area contributed by atoms with E-state index in [0.29, 0.717) is 10.9 Å². The molecule has 3 aromatic rings. The summed E-state index contributed by atoms with van der Waals surface area (Å²) in [6.45, 7) is 0. The van der Waals surface area contributed by atoms with Crippen molar-refractivity contribution in [3.63, 3.8) is 0 Å². The average Bonchev–Trinajstić information content (AvgIpc) is 3.18. The quantitative estimate of drug-likeness (QED) is 0.559. The summed E-state index contributed by atoms with van der Waals surface area (Å²) in [6, 6.07) is 13.4. The molecule has 1 aromatic carbocycles. The molecule has 0 fully saturated rings. The lowest BCUT2D eigenvalue weighted by atomic mass is 10.2. The highest BCUT2D eigenvalue weighted by molar-refractivity contribution is 7.99. The Morgan fingerprint density at radius 1 is 1.19 bits per heavy atom. The van der Waals surface area contributed by atoms with E-state index >= 15 is 0 Å². The molecular formula is C15H13N3OS2. The number of nitrogens with zero attached hydrogens (tertiary/aromatic N) is 2. The number of hydrogen-bond donors (Lipinski definition) is 1. The molecule has 1 N–H and O–H groups in total. The number of nitrogens with one attached hydrogen (secondary N) is 1. The predicted octanol–water partition coefficient (Wildman–Crippen LogP) is 3.43. The van der Waals surface area contributed by atoms with Crippen LogP contribution in [0.1, 0.15) is 21.1 Å². The lowest BCUT2D eigenvalue weighted by Crippen LogP contribution is -2.02. The summed E-state index contributed by atoms with van der Waals surface area (Å²) in [4.78, 5) is 17.6. The van der Waals surface area contributed by atoms with Crippen LogP contribution in [-0.4, -0.2) is 26.7 Å². The van der Waals surface area contributed by atoms with Crippen molar-refractivity contribution in [2.45, 2.75) is 11.6 Å². The first-order chi connectivity index (χ1) is 10.3. The van der Waals surface area contributed by atoms with E-state index in [2.05, 4.69) is 21.2 Å². The first-order valence-electron chi connectivity index (χ1n) is 6.46. The second-order valence-electron chi connectivity index (χ2n) is 4.40. The fourth-order valence-electron chi connectivity index (χ4n) is 1.84. The summed E-state index contributed by atoms with van der Waals surface area (Å²) in [5.74, 6) is 1.26. The van der Waals surface area contributed by atoms with Gasteiger partial charge in [-0.15, -0.1) is 16.4 Å². The smallest absolute Gasteiger partial charge is 0.208 e. The summed E-state index contributed by atoms with van der Waals surface area (Å²) in [6.07, 6.45) is 0.748. The van der Waals surface area contributed by atoms with Gasteiger partial charge in [0.05, 0.1) is 5.75 Å². The van der Waals surface area contributed by atoms with Crippen molar-refractivity contribution in [3.8, 4) is 0 Å². The molecular weight excluding hydrogens is 302 g/mol. The minimum Gasteiger partial charge on any atom is -0.293 e. The first-order valence-corrected chi connectivity index (χ1v) is 8.32. The van der Waals surface area contributed by atoms with Crippen LogP contribution in [0.25, 0.3) is 0 Å². The average molecular weight is 315 g/mol. The third kappa shape index (κ3) is 3.80. The van der Waals surface area contributed by atoms with Crippen LogP contribution in [0.3, 0.4) is 0 Å². The zero-order chi connectivity index (χ0) is 14.5. The molecule has 21 heavy (non-hydrogen) atoms. The van der Waals surface area contributed by atoms with E-state index in [-0.39, 0.29) is 5.78 Å². The molecule has 2 aromatic heterocycles. The number of benzene rings is 1. The number of thiophene rings is 1. The largest absolute Gasteiger partial charge is 0.293 e. The van der Waals surface area contributed by atoms with Crippen molar-refractivity contribution in [2.24, 2.45) is 0 Å². The molecule has 0 aliphatic heterocycles. The molecule has 0 bridgehead atoms. The highest BCUT2D eigenvalue weighted by Gasteiger charge is 2.09. The van der Waals surface area contributed by atoms with Gasteiger partial charge in [0.25, 0.3) is 0 Å². The van der Waals surface area contributed by atoms with E-state index < -0.39 is 0 Å². The summed E-state index contributed by atoms with van der Waals surface area (Å²) >= 11 is 3.05. The van der Waals surface area contributed by atoms with E-state index in [9.17, 15) is 4.79 Å². The van der Waals surface area contributed by atoms with Crippen molar-refractivity contribution in [2.75, 3.05) is 5.75 Å². The van der Waals surface area contributed by atoms with E-state index in [4.69, 9.17) is 0 Å². The molecule has 0 aliphatic rings. The second-order valence-corrected chi connectivity index (χ2v) is 6.37. The number of Topliss-reactive ketones (excluding diaryl/α,β-unsaturated/α-hetero) is 1. The highest BCUT2D eigenvalue weighted by Crippen LogP contribution is 2.17. The van der Waals surface area contributed by atoms with Crippen LogP contribution in [0, 0.1) is 0 Å². The van der Waals surface area contributed by atoms with Gasteiger partial charge in [-0.1, -0.05) is 48.2 Å². The predicted molar refractivity (Wildman–Crippen MR) is 85.0 cm³/mol. The Labute approximate surface area is 130 Å². The third-order valence-corrected chi connectivity index (χ3v) is 4.58. The van der Waals surface area contributed by atoms with Crippen molar-refractivity contribution >= 4 is 28.9 Å². The van der Waals surface area contributed by atoms with Gasteiger partial charge in [0.2, 0.25) is 5.16 Å². The number of carbonyl (C=O) groups excluding carboxylic acids is 1. The standard InChI is InChI=1S/C15H13N3OS2/c19-13(11-5-2-1-3-6-11)10-21-15-16-14(17-18-15)9-12-7-4-8-20-12/h1-8H,9-10H2,(H,16,17,18). The van der Waals surface area contributed by atoms with Crippen LogP contribution in [0.4, 0.5) is 0 Å². The van der Waals surface area contributed by atoms with Gasteiger partial charge in [-0.05, 0) is 11.4 Å². The molecule has 106 valence electrons. The maximum atomic E-state index is 12.0. The van der Waals surface area contributed by atoms with Gasteiger partial charge < -0.3 is 0 Å². The van der Waals surface area contributed by atoms with Gasteiger partial charge in [0.1, 0.15) is 5.82 Å². The Morgan fingerprint density at radius 3 is 2.81 bits per heavy atom. The first kappa shape index (κ1) is 14.0. The van der Waals surface area contributed by atoms with Gasteiger partial charge >= 0.3 is 0 Å². The van der Waals surface area contributed by atoms with Crippen molar-refractivity contribution in [1.29, 1.82) is 0 Å². The minimum absolute atomic E-state index is 0.0882. The zero-order valence-corrected chi connectivity index (χ0v) is 12.8. The summed E-state index contributed by atoms with van der Waals surface area (Å²) in [7, 11) is 0. The van der Waals surface area contributed by atoms with E-state index in [1.807, 2.05) is 41.8 Å². The van der Waals surface area contributed by atoms with Gasteiger partial charge in [0, 0.05) is 16.9 Å². The van der Waals surface area contributed by atoms with Crippen LogP contribution in [0.2, 0.25) is 0 Å². The number of aromatic amines is 1. The normalized spacial score (nSPS) is 10.7. The highest BCUT2D eigenvalue weighted by atomic mass is 32.2. The van der Waals surface area contributed by atoms with E-state index in [1.165, 1.54) is 16.6 Å². The van der Waals surface area contributed by atoms with Gasteiger partial charge in [-0.3, -0.25) is 9.89 Å². The molecule has 0 amide bonds. The van der Waals surface area contributed by atoms with E-state index in [1.54, 1.807) is 11.3 Å². The monoisotopic (exact) mass is 315 g/mol. The Morgan fingerprint density at radius 2 is 2.05 bits per heavy atom. The number of thioether (sulfide) groups is 1. The number of H-pyrrole nitrogens is 1.